The van der Waals surface area contributed by atoms with Crippen molar-refractivity contribution in [2.24, 2.45) is 0 Å². The molecule has 1 atom stereocenters. The van der Waals surface area contributed by atoms with Gasteiger partial charge in [-0.25, -0.2) is 9.59 Å². The van der Waals surface area contributed by atoms with E-state index in [1.54, 1.807) is 6.08 Å². The van der Waals surface area contributed by atoms with E-state index in [1.165, 1.54) is 13.1 Å². The quantitative estimate of drug-likeness (QED) is 0.589. The van der Waals surface area contributed by atoms with Gasteiger partial charge in [0, 0.05) is 12.1 Å². The minimum absolute atomic E-state index is 0.0866. The van der Waals surface area contributed by atoms with Crippen molar-refractivity contribution in [1.82, 2.24) is 4.90 Å². The summed E-state index contributed by atoms with van der Waals surface area (Å²) in [5.41, 5.74) is 5.35. The second-order valence-electron chi connectivity index (χ2n) is 7.45. The molecule has 31 heavy (non-hydrogen) atoms. The van der Waals surface area contributed by atoms with Crippen LogP contribution in [0.5, 0.6) is 0 Å². The SMILES string of the molecule is C[C@@H](C(=O)O)N(/C=C/c1ccccc1)C(=O)OCC1c2ccccc2-c2ccccc21. The number of hydrogen-bond acceptors (Lipinski definition) is 3. The molecule has 0 bridgehead atoms. The maximum atomic E-state index is 12.9. The molecule has 4 rings (SSSR count). The topological polar surface area (TPSA) is 66.8 Å². The Morgan fingerprint density at radius 2 is 1.48 bits per heavy atom. The Morgan fingerprint density at radius 1 is 0.935 bits per heavy atom. The number of carbonyl (C=O) groups excluding carboxylic acids is 1. The molecule has 0 aromatic heterocycles. The van der Waals surface area contributed by atoms with Crippen LogP contribution >= 0.6 is 0 Å². The smallest absolute Gasteiger partial charge is 0.414 e. The Bertz CT molecular complexity index is 1080. The highest BCUT2D eigenvalue weighted by Crippen LogP contribution is 2.44. The molecule has 5 heteroatoms. The number of benzene rings is 3. The Labute approximate surface area is 181 Å². The van der Waals surface area contributed by atoms with E-state index in [9.17, 15) is 14.7 Å². The van der Waals surface area contributed by atoms with Crippen molar-refractivity contribution in [1.29, 1.82) is 0 Å². The molecular weight excluding hydrogens is 390 g/mol. The summed E-state index contributed by atoms with van der Waals surface area (Å²) in [5, 5.41) is 9.46. The van der Waals surface area contributed by atoms with Gasteiger partial charge in [-0.3, -0.25) is 4.90 Å². The molecule has 1 aliphatic carbocycles. The van der Waals surface area contributed by atoms with Gasteiger partial charge >= 0.3 is 12.1 Å². The highest BCUT2D eigenvalue weighted by atomic mass is 16.6. The molecule has 0 spiro atoms. The molecular formula is C26H23NO4. The van der Waals surface area contributed by atoms with Gasteiger partial charge in [-0.1, -0.05) is 78.9 Å². The number of fused-ring (bicyclic) bond motifs is 3. The van der Waals surface area contributed by atoms with Gasteiger partial charge in [0.2, 0.25) is 0 Å². The first-order chi connectivity index (χ1) is 15.1. The zero-order valence-corrected chi connectivity index (χ0v) is 17.1. The van der Waals surface area contributed by atoms with E-state index >= 15 is 0 Å². The van der Waals surface area contributed by atoms with Crippen LogP contribution in [0.4, 0.5) is 4.79 Å². The lowest BCUT2D eigenvalue weighted by atomic mass is 9.98. The number of aliphatic carboxylic acids is 1. The molecule has 0 fully saturated rings. The third-order valence-electron chi connectivity index (χ3n) is 5.55. The summed E-state index contributed by atoms with van der Waals surface area (Å²) in [7, 11) is 0. The van der Waals surface area contributed by atoms with Gasteiger partial charge in [-0.2, -0.15) is 0 Å². The van der Waals surface area contributed by atoms with E-state index < -0.39 is 18.1 Å². The van der Waals surface area contributed by atoms with Crippen molar-refractivity contribution >= 4 is 18.1 Å². The Morgan fingerprint density at radius 3 is 2.06 bits per heavy atom. The van der Waals surface area contributed by atoms with Crippen molar-refractivity contribution in [3.63, 3.8) is 0 Å². The van der Waals surface area contributed by atoms with Crippen molar-refractivity contribution in [3.05, 3.63) is 102 Å². The van der Waals surface area contributed by atoms with Crippen LogP contribution in [-0.2, 0) is 9.53 Å². The number of carboxylic acid groups (broad SMARTS) is 1. The summed E-state index contributed by atoms with van der Waals surface area (Å²) in [6, 6.07) is 24.5. The van der Waals surface area contributed by atoms with E-state index in [2.05, 4.69) is 12.1 Å². The number of nitrogens with zero attached hydrogens (tertiary/aromatic N) is 1. The fourth-order valence-corrected chi connectivity index (χ4v) is 3.87. The summed E-state index contributed by atoms with van der Waals surface area (Å²) < 4.78 is 5.63. The molecule has 1 N–H and O–H groups in total. The van der Waals surface area contributed by atoms with Gasteiger partial charge in [0.1, 0.15) is 12.6 Å². The second kappa shape index (κ2) is 8.88. The van der Waals surface area contributed by atoms with Gasteiger partial charge in [-0.05, 0) is 40.8 Å². The molecule has 0 aliphatic heterocycles. The number of hydrogen-bond donors (Lipinski definition) is 1. The number of ether oxygens (including phenoxy) is 1. The molecule has 3 aromatic carbocycles. The molecule has 0 unspecified atom stereocenters. The van der Waals surface area contributed by atoms with E-state index in [-0.39, 0.29) is 12.5 Å². The summed E-state index contributed by atoms with van der Waals surface area (Å²) in [6.07, 6.45) is 2.47. The van der Waals surface area contributed by atoms with E-state index in [0.29, 0.717) is 0 Å². The normalized spacial score (nSPS) is 13.5. The number of rotatable bonds is 6. The fourth-order valence-electron chi connectivity index (χ4n) is 3.87. The molecule has 0 heterocycles. The Hall–Kier alpha value is -3.86. The molecule has 0 radical (unpaired) electrons. The van der Waals surface area contributed by atoms with E-state index in [1.807, 2.05) is 66.7 Å². The predicted octanol–water partition coefficient (Wildman–Crippen LogP) is 5.38. The summed E-state index contributed by atoms with van der Waals surface area (Å²) in [5.74, 6) is -1.19. The van der Waals surface area contributed by atoms with Gasteiger partial charge in [0.25, 0.3) is 0 Å². The highest BCUT2D eigenvalue weighted by molar-refractivity contribution is 5.82. The van der Waals surface area contributed by atoms with Gasteiger partial charge in [0.05, 0.1) is 0 Å². The largest absolute Gasteiger partial charge is 0.480 e. The Balaban J connectivity index is 1.54. The molecule has 3 aromatic rings. The molecule has 0 saturated heterocycles. The first-order valence-corrected chi connectivity index (χ1v) is 10.2. The lowest BCUT2D eigenvalue weighted by Gasteiger charge is -2.23. The standard InChI is InChI=1S/C26H23NO4/c1-18(25(28)29)27(16-15-19-9-3-2-4-10-19)26(30)31-17-24-22-13-7-5-11-20(22)21-12-6-8-14-23(21)24/h2-16,18,24H,17H2,1H3,(H,28,29)/b16-15+/t18-/m0/s1. The van der Waals surface area contributed by atoms with Crippen LogP contribution in [0.1, 0.15) is 29.5 Å². The average Bonchev–Trinajstić information content (AvgIpc) is 3.12. The second-order valence-corrected chi connectivity index (χ2v) is 7.45. The van der Waals surface area contributed by atoms with Crippen LogP contribution in [0.25, 0.3) is 17.2 Å². The number of carbonyl (C=O) groups is 2. The molecule has 0 saturated carbocycles. The minimum Gasteiger partial charge on any atom is -0.480 e. The van der Waals surface area contributed by atoms with Crippen molar-refractivity contribution < 1.29 is 19.4 Å². The molecule has 1 amide bonds. The first kappa shape index (κ1) is 20.4. The average molecular weight is 413 g/mol. The van der Waals surface area contributed by atoms with Crippen LogP contribution < -0.4 is 0 Å². The highest BCUT2D eigenvalue weighted by Gasteiger charge is 2.31. The first-order valence-electron chi connectivity index (χ1n) is 10.2. The molecule has 1 aliphatic rings. The maximum Gasteiger partial charge on any atom is 0.414 e. The third-order valence-corrected chi connectivity index (χ3v) is 5.55. The molecule has 5 nitrogen and oxygen atoms in total. The van der Waals surface area contributed by atoms with Crippen molar-refractivity contribution in [2.45, 2.75) is 18.9 Å². The van der Waals surface area contributed by atoms with Crippen LogP contribution in [-0.4, -0.2) is 34.7 Å². The minimum atomic E-state index is -1.11. The Kier molecular flexibility index (Phi) is 5.85. The lowest BCUT2D eigenvalue weighted by molar-refractivity contribution is -0.141. The van der Waals surface area contributed by atoms with Crippen molar-refractivity contribution in [3.8, 4) is 11.1 Å². The zero-order valence-electron chi connectivity index (χ0n) is 17.1. The van der Waals surface area contributed by atoms with E-state index in [4.69, 9.17) is 4.74 Å². The number of carboxylic acids is 1. The van der Waals surface area contributed by atoms with Crippen LogP contribution in [0.3, 0.4) is 0 Å². The van der Waals surface area contributed by atoms with Crippen LogP contribution in [0.2, 0.25) is 0 Å². The summed E-state index contributed by atoms with van der Waals surface area (Å²) in [4.78, 5) is 25.6. The van der Waals surface area contributed by atoms with Gasteiger partial charge < -0.3 is 9.84 Å². The van der Waals surface area contributed by atoms with Crippen molar-refractivity contribution in [2.75, 3.05) is 6.61 Å². The monoisotopic (exact) mass is 413 g/mol. The van der Waals surface area contributed by atoms with Crippen LogP contribution in [0.15, 0.2) is 85.1 Å². The summed E-state index contributed by atoms with van der Waals surface area (Å²) in [6.45, 7) is 1.59. The summed E-state index contributed by atoms with van der Waals surface area (Å²) >= 11 is 0. The third kappa shape index (κ3) is 4.21. The molecule has 156 valence electrons. The predicted molar refractivity (Wildman–Crippen MR) is 119 cm³/mol. The maximum absolute atomic E-state index is 12.9. The van der Waals surface area contributed by atoms with Crippen LogP contribution in [0, 0.1) is 0 Å². The van der Waals surface area contributed by atoms with Gasteiger partial charge in [-0.15, -0.1) is 0 Å². The van der Waals surface area contributed by atoms with E-state index in [0.717, 1.165) is 32.7 Å². The number of amides is 1. The fraction of sp³-hybridized carbons (Fsp3) is 0.154. The lowest BCUT2D eigenvalue weighted by Crippen LogP contribution is -2.40. The van der Waals surface area contributed by atoms with Gasteiger partial charge in [0.15, 0.2) is 0 Å². The zero-order chi connectivity index (χ0) is 21.8.